The maximum atomic E-state index is 12.8. The van der Waals surface area contributed by atoms with Crippen molar-refractivity contribution in [2.75, 3.05) is 13.2 Å². The Morgan fingerprint density at radius 1 is 1.25 bits per heavy atom. The number of rotatable bonds is 6. The highest BCUT2D eigenvalue weighted by Crippen LogP contribution is 2.24. The number of unbranched alkanes of at least 4 members (excludes halogenated alkanes) is 1. The lowest BCUT2D eigenvalue weighted by molar-refractivity contribution is -0.135. The minimum Gasteiger partial charge on any atom is -0.380 e. The molecular weight excluding hydrogens is 358 g/mol. The van der Waals surface area contributed by atoms with Crippen molar-refractivity contribution < 1.29 is 14.3 Å². The SMILES string of the molecule is CCCCOCCC#Cc1cccc2c1n(C)c(=O)n2C1CCC(=O)NC1=O. The van der Waals surface area contributed by atoms with Gasteiger partial charge < -0.3 is 4.74 Å². The van der Waals surface area contributed by atoms with Gasteiger partial charge in [0.1, 0.15) is 6.04 Å². The van der Waals surface area contributed by atoms with Crippen molar-refractivity contribution in [1.29, 1.82) is 0 Å². The Hall–Kier alpha value is -2.85. The molecule has 1 unspecified atom stereocenters. The predicted molar refractivity (Wildman–Crippen MR) is 106 cm³/mol. The molecular formula is C21H25N3O4. The molecule has 1 fully saturated rings. The zero-order valence-electron chi connectivity index (χ0n) is 16.3. The summed E-state index contributed by atoms with van der Waals surface area (Å²) < 4.78 is 8.50. The number of carbonyl (C=O) groups is 2. The van der Waals surface area contributed by atoms with E-state index in [-0.39, 0.29) is 18.0 Å². The lowest BCUT2D eigenvalue weighted by atomic mass is 10.1. The predicted octanol–water partition coefficient (Wildman–Crippen LogP) is 1.88. The van der Waals surface area contributed by atoms with E-state index in [4.69, 9.17) is 4.74 Å². The summed E-state index contributed by atoms with van der Waals surface area (Å²) in [6, 6.07) is 4.80. The molecule has 28 heavy (non-hydrogen) atoms. The minimum absolute atomic E-state index is 0.219. The second-order valence-electron chi connectivity index (χ2n) is 6.87. The van der Waals surface area contributed by atoms with E-state index in [9.17, 15) is 14.4 Å². The largest absolute Gasteiger partial charge is 0.380 e. The summed E-state index contributed by atoms with van der Waals surface area (Å²) in [7, 11) is 1.67. The van der Waals surface area contributed by atoms with Gasteiger partial charge in [0.05, 0.1) is 23.2 Å². The average molecular weight is 383 g/mol. The van der Waals surface area contributed by atoms with Crippen LogP contribution in [-0.4, -0.2) is 34.2 Å². The first-order chi connectivity index (χ1) is 13.5. The number of benzene rings is 1. The van der Waals surface area contributed by atoms with E-state index in [1.165, 1.54) is 9.13 Å². The summed E-state index contributed by atoms with van der Waals surface area (Å²) in [5.41, 5.74) is 1.78. The topological polar surface area (TPSA) is 82.3 Å². The molecule has 1 aromatic heterocycles. The van der Waals surface area contributed by atoms with Crippen molar-refractivity contribution in [2.24, 2.45) is 7.05 Å². The summed E-state index contributed by atoms with van der Waals surface area (Å²) in [5.74, 6) is 5.48. The number of aryl methyl sites for hydroxylation is 1. The second-order valence-corrected chi connectivity index (χ2v) is 6.87. The Bertz CT molecular complexity index is 1010. The van der Waals surface area contributed by atoms with Gasteiger partial charge in [-0.2, -0.15) is 0 Å². The Morgan fingerprint density at radius 2 is 2.07 bits per heavy atom. The van der Waals surface area contributed by atoms with Crippen LogP contribution in [0.25, 0.3) is 11.0 Å². The van der Waals surface area contributed by atoms with Gasteiger partial charge in [0.15, 0.2) is 0 Å². The first-order valence-corrected chi connectivity index (χ1v) is 9.64. The Kier molecular flexibility index (Phi) is 6.32. The number of hydrogen-bond donors (Lipinski definition) is 1. The number of hydrogen-bond acceptors (Lipinski definition) is 4. The second kappa shape index (κ2) is 8.89. The fraction of sp³-hybridized carbons (Fsp3) is 0.476. The molecule has 0 bridgehead atoms. The zero-order valence-corrected chi connectivity index (χ0v) is 16.3. The summed E-state index contributed by atoms with van der Waals surface area (Å²) in [4.78, 5) is 36.5. The minimum atomic E-state index is -0.691. The number of imide groups is 1. The van der Waals surface area contributed by atoms with Crippen molar-refractivity contribution in [2.45, 2.75) is 45.1 Å². The molecule has 0 saturated carbocycles. The fourth-order valence-electron chi connectivity index (χ4n) is 3.40. The quantitative estimate of drug-likeness (QED) is 0.469. The molecule has 2 heterocycles. The van der Waals surface area contributed by atoms with E-state index in [0.717, 1.165) is 25.0 Å². The number of nitrogens with one attached hydrogen (secondary N) is 1. The Balaban J connectivity index is 1.89. The molecule has 1 saturated heterocycles. The number of aromatic nitrogens is 2. The number of para-hydroxylation sites is 1. The van der Waals surface area contributed by atoms with Gasteiger partial charge in [-0.15, -0.1) is 0 Å². The molecule has 0 spiro atoms. The van der Waals surface area contributed by atoms with Crippen LogP contribution in [0.1, 0.15) is 50.6 Å². The van der Waals surface area contributed by atoms with Crippen LogP contribution < -0.4 is 11.0 Å². The van der Waals surface area contributed by atoms with Crippen LogP contribution in [-0.2, 0) is 21.4 Å². The fourth-order valence-corrected chi connectivity index (χ4v) is 3.40. The molecule has 1 aliphatic rings. The lowest BCUT2D eigenvalue weighted by Gasteiger charge is -2.21. The zero-order chi connectivity index (χ0) is 20.1. The number of nitrogens with zero attached hydrogens (tertiary/aromatic N) is 2. The van der Waals surface area contributed by atoms with Crippen molar-refractivity contribution in [3.8, 4) is 11.8 Å². The van der Waals surface area contributed by atoms with Crippen molar-refractivity contribution in [1.82, 2.24) is 14.5 Å². The van der Waals surface area contributed by atoms with Gasteiger partial charge >= 0.3 is 5.69 Å². The molecule has 0 aliphatic carbocycles. The van der Waals surface area contributed by atoms with E-state index in [2.05, 4.69) is 24.1 Å². The Morgan fingerprint density at radius 3 is 2.82 bits per heavy atom. The van der Waals surface area contributed by atoms with E-state index in [1.54, 1.807) is 13.1 Å². The molecule has 1 atom stereocenters. The number of imidazole rings is 1. The smallest absolute Gasteiger partial charge is 0.329 e. The van der Waals surface area contributed by atoms with Crippen LogP contribution in [0, 0.1) is 11.8 Å². The molecule has 7 heteroatoms. The van der Waals surface area contributed by atoms with Crippen LogP contribution in [0.2, 0.25) is 0 Å². The number of fused-ring (bicyclic) bond motifs is 1. The number of ether oxygens (including phenoxy) is 1. The van der Waals surface area contributed by atoms with Gasteiger partial charge in [0.2, 0.25) is 11.8 Å². The normalized spacial score (nSPS) is 16.7. The van der Waals surface area contributed by atoms with Gasteiger partial charge in [-0.05, 0) is 25.0 Å². The standard InChI is InChI=1S/C21H25N3O4/c1-3-4-13-28-14-6-5-8-15-9-7-10-16-19(15)23(2)21(27)24(16)17-11-12-18(25)22-20(17)26/h7,9-10,17H,3-4,6,11-14H2,1-2H3,(H,22,25,26). The first kappa shape index (κ1) is 19.9. The van der Waals surface area contributed by atoms with Crippen LogP contribution in [0.4, 0.5) is 0 Å². The molecule has 3 rings (SSSR count). The van der Waals surface area contributed by atoms with Gasteiger partial charge in [-0.3, -0.25) is 24.0 Å². The van der Waals surface area contributed by atoms with Crippen LogP contribution in [0.15, 0.2) is 23.0 Å². The summed E-state index contributed by atoms with van der Waals surface area (Å²) >= 11 is 0. The van der Waals surface area contributed by atoms with Gasteiger partial charge in [-0.25, -0.2) is 4.79 Å². The summed E-state index contributed by atoms with van der Waals surface area (Å²) in [6.45, 7) is 3.45. The number of amides is 2. The van der Waals surface area contributed by atoms with Crippen molar-refractivity contribution >= 4 is 22.8 Å². The molecule has 1 N–H and O–H groups in total. The van der Waals surface area contributed by atoms with Crippen LogP contribution >= 0.6 is 0 Å². The number of carbonyl (C=O) groups excluding carboxylic acids is 2. The monoisotopic (exact) mass is 383 g/mol. The molecule has 0 radical (unpaired) electrons. The molecule has 2 amide bonds. The highest BCUT2D eigenvalue weighted by molar-refractivity contribution is 6.00. The summed E-state index contributed by atoms with van der Waals surface area (Å²) in [6.07, 6.45) is 3.29. The average Bonchev–Trinajstić information content (AvgIpc) is 2.93. The third kappa shape index (κ3) is 4.02. The molecule has 7 nitrogen and oxygen atoms in total. The third-order valence-electron chi connectivity index (χ3n) is 4.86. The van der Waals surface area contributed by atoms with Gasteiger partial charge in [0, 0.05) is 26.5 Å². The van der Waals surface area contributed by atoms with E-state index < -0.39 is 11.9 Å². The van der Waals surface area contributed by atoms with E-state index >= 15 is 0 Å². The maximum Gasteiger partial charge on any atom is 0.329 e. The lowest BCUT2D eigenvalue weighted by Crippen LogP contribution is -2.44. The van der Waals surface area contributed by atoms with E-state index in [1.807, 2.05) is 12.1 Å². The molecule has 2 aromatic rings. The summed E-state index contributed by atoms with van der Waals surface area (Å²) in [5, 5.41) is 2.32. The van der Waals surface area contributed by atoms with Crippen LogP contribution in [0.5, 0.6) is 0 Å². The molecule has 1 aliphatic heterocycles. The molecule has 1 aromatic carbocycles. The Labute approximate surface area is 163 Å². The third-order valence-corrected chi connectivity index (χ3v) is 4.86. The van der Waals surface area contributed by atoms with Crippen molar-refractivity contribution in [3.63, 3.8) is 0 Å². The van der Waals surface area contributed by atoms with Gasteiger partial charge in [-0.1, -0.05) is 31.3 Å². The maximum absolute atomic E-state index is 12.8. The van der Waals surface area contributed by atoms with Crippen molar-refractivity contribution in [3.05, 3.63) is 34.2 Å². The molecule has 148 valence electrons. The highest BCUT2D eigenvalue weighted by Gasteiger charge is 2.31. The number of piperidine rings is 1. The first-order valence-electron chi connectivity index (χ1n) is 9.64. The van der Waals surface area contributed by atoms with Crippen LogP contribution in [0.3, 0.4) is 0 Å². The highest BCUT2D eigenvalue weighted by atomic mass is 16.5. The van der Waals surface area contributed by atoms with E-state index in [0.29, 0.717) is 30.5 Å². The van der Waals surface area contributed by atoms with Gasteiger partial charge in [0.25, 0.3) is 0 Å².